The second-order valence-electron chi connectivity index (χ2n) is 3.87. The number of nitrogens with one attached hydrogen (secondary N) is 1. The van der Waals surface area contributed by atoms with Crippen LogP contribution in [0.1, 0.15) is 24.3 Å². The first-order valence-electron chi connectivity index (χ1n) is 5.83. The van der Waals surface area contributed by atoms with Crippen LogP contribution < -0.4 is 5.32 Å². The van der Waals surface area contributed by atoms with E-state index in [9.17, 15) is 4.79 Å². The Balaban J connectivity index is 2.27. The van der Waals surface area contributed by atoms with Gasteiger partial charge in [-0.15, -0.1) is 0 Å². The van der Waals surface area contributed by atoms with Crippen LogP contribution in [0, 0.1) is 0 Å². The molecule has 0 aliphatic heterocycles. The van der Waals surface area contributed by atoms with Crippen LogP contribution in [0.15, 0.2) is 65.3 Å². The van der Waals surface area contributed by atoms with Gasteiger partial charge in [0.15, 0.2) is 0 Å². The van der Waals surface area contributed by atoms with Crippen molar-refractivity contribution in [1.29, 1.82) is 0 Å². The molecular formula is C15H15NO2. The lowest BCUT2D eigenvalue weighted by Gasteiger charge is -2.15. The van der Waals surface area contributed by atoms with Crippen molar-refractivity contribution in [2.45, 2.75) is 13.0 Å². The monoisotopic (exact) mass is 241 g/mol. The molecule has 1 atom stereocenters. The van der Waals surface area contributed by atoms with Crippen molar-refractivity contribution in [2.24, 2.45) is 0 Å². The fourth-order valence-electron chi connectivity index (χ4n) is 1.76. The Bertz CT molecular complexity index is 515. The molecule has 0 fully saturated rings. The summed E-state index contributed by atoms with van der Waals surface area (Å²) >= 11 is 0. The minimum atomic E-state index is -0.259. The van der Waals surface area contributed by atoms with Gasteiger partial charge in [0.2, 0.25) is 5.91 Å². The van der Waals surface area contributed by atoms with E-state index in [4.69, 9.17) is 4.42 Å². The molecule has 0 aliphatic rings. The molecule has 0 aliphatic carbocycles. The maximum Gasteiger partial charge on any atom is 0.244 e. The molecule has 1 aromatic heterocycles. The number of hydrogen-bond acceptors (Lipinski definition) is 2. The highest BCUT2D eigenvalue weighted by molar-refractivity contribution is 5.87. The summed E-state index contributed by atoms with van der Waals surface area (Å²) in [4.78, 5) is 11.7. The van der Waals surface area contributed by atoms with Crippen LogP contribution in [0.3, 0.4) is 0 Å². The lowest BCUT2D eigenvalue weighted by molar-refractivity contribution is -0.117. The molecular weight excluding hydrogens is 226 g/mol. The average molecular weight is 241 g/mol. The van der Waals surface area contributed by atoms with Crippen molar-refractivity contribution in [1.82, 2.24) is 5.32 Å². The van der Waals surface area contributed by atoms with E-state index in [2.05, 4.69) is 5.32 Å². The van der Waals surface area contributed by atoms with Gasteiger partial charge in [0, 0.05) is 0 Å². The third-order valence-corrected chi connectivity index (χ3v) is 2.57. The highest BCUT2D eigenvalue weighted by atomic mass is 16.3. The van der Waals surface area contributed by atoms with Gasteiger partial charge in [0.1, 0.15) is 11.8 Å². The summed E-state index contributed by atoms with van der Waals surface area (Å²) in [5, 5.41) is 2.92. The van der Waals surface area contributed by atoms with Crippen molar-refractivity contribution in [2.75, 3.05) is 0 Å². The summed E-state index contributed by atoms with van der Waals surface area (Å²) in [7, 11) is 0. The topological polar surface area (TPSA) is 42.2 Å². The Labute approximate surface area is 106 Å². The Morgan fingerprint density at radius 2 is 2.00 bits per heavy atom. The first-order chi connectivity index (χ1) is 8.81. The minimum Gasteiger partial charge on any atom is -0.467 e. The number of furan rings is 1. The molecule has 18 heavy (non-hydrogen) atoms. The van der Waals surface area contributed by atoms with Crippen molar-refractivity contribution in [3.8, 4) is 0 Å². The third kappa shape index (κ3) is 2.88. The predicted octanol–water partition coefficient (Wildman–Crippen LogP) is 3.06. The van der Waals surface area contributed by atoms with Gasteiger partial charge in [-0.05, 0) is 30.7 Å². The van der Waals surface area contributed by atoms with Gasteiger partial charge in [-0.1, -0.05) is 36.4 Å². The summed E-state index contributed by atoms with van der Waals surface area (Å²) in [5.74, 6) is 0.585. The molecule has 0 saturated heterocycles. The Morgan fingerprint density at radius 3 is 2.61 bits per heavy atom. The molecule has 3 heteroatoms. The molecule has 1 N–H and O–H groups in total. The SMILES string of the molecule is CC=CC(=O)NC(c1ccccc1)c1ccco1. The van der Waals surface area contributed by atoms with Crippen molar-refractivity contribution >= 4 is 5.91 Å². The second kappa shape index (κ2) is 5.87. The maximum absolute atomic E-state index is 11.7. The molecule has 92 valence electrons. The standard InChI is InChI=1S/C15H15NO2/c1-2-7-14(17)16-15(13-10-6-11-18-13)12-8-4-3-5-9-12/h2-11,15H,1H3,(H,16,17). The summed E-state index contributed by atoms with van der Waals surface area (Å²) < 4.78 is 5.39. The number of carbonyl (C=O) groups is 1. The molecule has 1 amide bonds. The fraction of sp³-hybridized carbons (Fsp3) is 0.133. The molecule has 1 heterocycles. The number of rotatable bonds is 4. The largest absolute Gasteiger partial charge is 0.467 e. The summed E-state index contributed by atoms with van der Waals surface area (Å²) in [5.41, 5.74) is 0.991. The van der Waals surface area contributed by atoms with Crippen LogP contribution >= 0.6 is 0 Å². The number of carbonyl (C=O) groups excluding carboxylic acids is 1. The van der Waals surface area contributed by atoms with Crippen LogP contribution in [-0.4, -0.2) is 5.91 Å². The quantitative estimate of drug-likeness (QED) is 0.836. The minimum absolute atomic E-state index is 0.136. The molecule has 0 saturated carbocycles. The molecule has 1 unspecified atom stereocenters. The first kappa shape index (κ1) is 12.2. The summed E-state index contributed by atoms with van der Waals surface area (Å²) in [6, 6.07) is 13.1. The zero-order chi connectivity index (χ0) is 12.8. The number of hydrogen-bond donors (Lipinski definition) is 1. The van der Waals surface area contributed by atoms with E-state index in [1.54, 1.807) is 12.3 Å². The van der Waals surface area contributed by atoms with Crippen LogP contribution in [0.25, 0.3) is 0 Å². The highest BCUT2D eigenvalue weighted by Gasteiger charge is 2.17. The predicted molar refractivity (Wildman–Crippen MR) is 69.9 cm³/mol. The number of allylic oxidation sites excluding steroid dienone is 1. The normalized spacial score (nSPS) is 12.5. The molecule has 0 radical (unpaired) electrons. The Hall–Kier alpha value is -2.29. The summed E-state index contributed by atoms with van der Waals surface area (Å²) in [6.45, 7) is 1.81. The van der Waals surface area contributed by atoms with Gasteiger partial charge in [0.25, 0.3) is 0 Å². The Kier molecular flexibility index (Phi) is 3.97. The van der Waals surface area contributed by atoms with Gasteiger partial charge in [-0.2, -0.15) is 0 Å². The van der Waals surface area contributed by atoms with Crippen molar-refractivity contribution in [3.63, 3.8) is 0 Å². The van der Waals surface area contributed by atoms with Crippen LogP contribution in [0.4, 0.5) is 0 Å². The van der Waals surface area contributed by atoms with Gasteiger partial charge >= 0.3 is 0 Å². The molecule has 3 nitrogen and oxygen atoms in total. The van der Waals surface area contributed by atoms with Gasteiger partial charge < -0.3 is 9.73 Å². The zero-order valence-corrected chi connectivity index (χ0v) is 10.2. The summed E-state index contributed by atoms with van der Waals surface area (Å²) in [6.07, 6.45) is 4.81. The van der Waals surface area contributed by atoms with E-state index in [0.717, 1.165) is 11.3 Å². The van der Waals surface area contributed by atoms with Gasteiger partial charge in [-0.25, -0.2) is 0 Å². The Morgan fingerprint density at radius 1 is 1.22 bits per heavy atom. The molecule has 2 rings (SSSR count). The highest BCUT2D eigenvalue weighted by Crippen LogP contribution is 2.22. The smallest absolute Gasteiger partial charge is 0.244 e. The maximum atomic E-state index is 11.7. The second-order valence-corrected chi connectivity index (χ2v) is 3.87. The van der Waals surface area contributed by atoms with Gasteiger partial charge in [0.05, 0.1) is 6.26 Å². The van der Waals surface area contributed by atoms with Crippen LogP contribution in [0.2, 0.25) is 0 Å². The number of amides is 1. The van der Waals surface area contributed by atoms with E-state index >= 15 is 0 Å². The van der Waals surface area contributed by atoms with E-state index in [0.29, 0.717) is 0 Å². The zero-order valence-electron chi connectivity index (χ0n) is 10.2. The van der Waals surface area contributed by atoms with Crippen molar-refractivity contribution in [3.05, 3.63) is 72.2 Å². The number of benzene rings is 1. The molecule has 1 aromatic carbocycles. The van der Waals surface area contributed by atoms with E-state index in [1.165, 1.54) is 6.08 Å². The average Bonchev–Trinajstić information content (AvgIpc) is 2.91. The molecule has 0 spiro atoms. The van der Waals surface area contributed by atoms with E-state index in [-0.39, 0.29) is 11.9 Å². The molecule has 2 aromatic rings. The fourth-order valence-corrected chi connectivity index (χ4v) is 1.76. The van der Waals surface area contributed by atoms with Crippen LogP contribution in [-0.2, 0) is 4.79 Å². The first-order valence-corrected chi connectivity index (χ1v) is 5.83. The van der Waals surface area contributed by atoms with Gasteiger partial charge in [-0.3, -0.25) is 4.79 Å². The van der Waals surface area contributed by atoms with E-state index in [1.807, 2.05) is 49.4 Å². The third-order valence-electron chi connectivity index (χ3n) is 2.57. The lowest BCUT2D eigenvalue weighted by atomic mass is 10.0. The molecule has 0 bridgehead atoms. The lowest BCUT2D eigenvalue weighted by Crippen LogP contribution is -2.27. The van der Waals surface area contributed by atoms with Crippen molar-refractivity contribution < 1.29 is 9.21 Å². The van der Waals surface area contributed by atoms with E-state index < -0.39 is 0 Å². The van der Waals surface area contributed by atoms with Crippen LogP contribution in [0.5, 0.6) is 0 Å².